The lowest BCUT2D eigenvalue weighted by Gasteiger charge is -2.21. The first-order chi connectivity index (χ1) is 12.2. The van der Waals surface area contributed by atoms with Crippen molar-refractivity contribution in [3.05, 3.63) is 47.3 Å². The molecule has 2 aromatic rings. The number of piperidine rings is 1. The Morgan fingerprint density at radius 1 is 1.24 bits per heavy atom. The van der Waals surface area contributed by atoms with Crippen molar-refractivity contribution in [3.8, 4) is 5.69 Å². The summed E-state index contributed by atoms with van der Waals surface area (Å²) in [6, 6.07) is 10.1. The molecule has 1 fully saturated rings. The van der Waals surface area contributed by atoms with E-state index in [-0.39, 0.29) is 17.7 Å². The molecule has 1 atom stereocenters. The summed E-state index contributed by atoms with van der Waals surface area (Å²) < 4.78 is 2.02. The van der Waals surface area contributed by atoms with Crippen LogP contribution in [0.4, 0.5) is 0 Å². The predicted octanol–water partition coefficient (Wildman–Crippen LogP) is 1.50. The van der Waals surface area contributed by atoms with E-state index in [9.17, 15) is 9.59 Å². The zero-order chi connectivity index (χ0) is 17.2. The normalized spacial score (nSPS) is 19.4. The summed E-state index contributed by atoms with van der Waals surface area (Å²) in [4.78, 5) is 23.6. The predicted molar refractivity (Wildman–Crippen MR) is 93.2 cm³/mol. The van der Waals surface area contributed by atoms with E-state index in [1.165, 1.54) is 11.3 Å². The highest BCUT2D eigenvalue weighted by molar-refractivity contribution is 5.83. The molecule has 6 nitrogen and oxygen atoms in total. The summed E-state index contributed by atoms with van der Waals surface area (Å²) in [6.07, 6.45) is 4.23. The maximum absolute atomic E-state index is 12.4. The third kappa shape index (κ3) is 3.16. The van der Waals surface area contributed by atoms with Gasteiger partial charge in [0.05, 0.1) is 23.8 Å². The van der Waals surface area contributed by atoms with Gasteiger partial charge in [-0.1, -0.05) is 18.2 Å². The Bertz CT molecular complexity index is 787. The van der Waals surface area contributed by atoms with Gasteiger partial charge in [-0.3, -0.25) is 9.59 Å². The van der Waals surface area contributed by atoms with Crippen molar-refractivity contribution in [1.82, 2.24) is 20.4 Å². The number of aromatic nitrogens is 2. The lowest BCUT2D eigenvalue weighted by molar-refractivity contribution is -0.129. The number of para-hydroxylation sites is 1. The second kappa shape index (κ2) is 6.70. The Hall–Kier alpha value is -2.63. The van der Waals surface area contributed by atoms with Crippen molar-refractivity contribution in [2.45, 2.75) is 38.6 Å². The molecular weight excluding hydrogens is 316 g/mol. The summed E-state index contributed by atoms with van der Waals surface area (Å²) in [6.45, 7) is 0.882. The van der Waals surface area contributed by atoms with Gasteiger partial charge in [0.15, 0.2) is 0 Å². The van der Waals surface area contributed by atoms with Crippen LogP contribution in [0.15, 0.2) is 30.3 Å². The molecule has 1 aromatic heterocycles. The minimum atomic E-state index is -0.137. The Morgan fingerprint density at radius 3 is 2.84 bits per heavy atom. The Balaban J connectivity index is 1.48. The van der Waals surface area contributed by atoms with Crippen LogP contribution in [-0.4, -0.2) is 28.1 Å². The van der Waals surface area contributed by atoms with E-state index >= 15 is 0 Å². The molecule has 0 saturated carbocycles. The van der Waals surface area contributed by atoms with Crippen LogP contribution in [0.2, 0.25) is 0 Å². The van der Waals surface area contributed by atoms with Crippen molar-refractivity contribution in [2.24, 2.45) is 5.92 Å². The number of nitrogens with one attached hydrogen (secondary N) is 2. The molecule has 2 aliphatic rings. The number of hydrogen-bond acceptors (Lipinski definition) is 3. The van der Waals surface area contributed by atoms with Crippen molar-refractivity contribution >= 4 is 11.8 Å². The summed E-state index contributed by atoms with van der Waals surface area (Å²) in [7, 11) is 0. The molecule has 6 heteroatoms. The largest absolute Gasteiger partial charge is 0.355 e. The molecule has 0 radical (unpaired) electrons. The van der Waals surface area contributed by atoms with E-state index in [1.54, 1.807) is 0 Å². The van der Waals surface area contributed by atoms with Crippen molar-refractivity contribution < 1.29 is 9.59 Å². The average molecular weight is 338 g/mol. The Labute approximate surface area is 146 Å². The molecule has 1 saturated heterocycles. The highest BCUT2D eigenvalue weighted by Gasteiger charge is 2.26. The van der Waals surface area contributed by atoms with Gasteiger partial charge in [0, 0.05) is 18.7 Å². The molecule has 2 amide bonds. The van der Waals surface area contributed by atoms with Gasteiger partial charge in [-0.05, 0) is 43.4 Å². The molecule has 4 rings (SSSR count). The third-order valence-corrected chi connectivity index (χ3v) is 5.08. The van der Waals surface area contributed by atoms with Gasteiger partial charge < -0.3 is 10.6 Å². The number of carbonyl (C=O) groups is 2. The number of rotatable bonds is 4. The smallest absolute Gasteiger partial charge is 0.225 e. The van der Waals surface area contributed by atoms with Crippen LogP contribution in [0.5, 0.6) is 0 Å². The van der Waals surface area contributed by atoms with Gasteiger partial charge in [-0.2, -0.15) is 5.10 Å². The summed E-state index contributed by atoms with van der Waals surface area (Å²) in [5.74, 6) is -0.105. The first-order valence-electron chi connectivity index (χ1n) is 8.92. The quantitative estimate of drug-likeness (QED) is 0.887. The summed E-state index contributed by atoms with van der Waals surface area (Å²) in [5, 5.41) is 10.5. The van der Waals surface area contributed by atoms with Gasteiger partial charge in [0.2, 0.25) is 11.8 Å². The highest BCUT2D eigenvalue weighted by Crippen LogP contribution is 2.27. The standard InChI is InChI=1S/C19H22N4O2/c24-18-10-9-13(11-20-18)19(25)21-12-16-15-7-4-8-17(15)23(22-16)14-5-2-1-3-6-14/h1-3,5-6,13H,4,7-12H2,(H,20,24)(H,21,25)/t13-/m1/s1. The molecular formula is C19H22N4O2. The van der Waals surface area contributed by atoms with E-state index in [4.69, 9.17) is 5.10 Å². The van der Waals surface area contributed by atoms with Crippen LogP contribution in [0.1, 0.15) is 36.2 Å². The van der Waals surface area contributed by atoms with E-state index in [0.29, 0.717) is 25.9 Å². The van der Waals surface area contributed by atoms with E-state index in [0.717, 1.165) is 30.6 Å². The molecule has 1 aliphatic heterocycles. The van der Waals surface area contributed by atoms with E-state index in [2.05, 4.69) is 22.8 Å². The van der Waals surface area contributed by atoms with Crippen LogP contribution in [0, 0.1) is 5.92 Å². The monoisotopic (exact) mass is 338 g/mol. The molecule has 2 N–H and O–H groups in total. The van der Waals surface area contributed by atoms with Gasteiger partial charge in [0.1, 0.15) is 0 Å². The van der Waals surface area contributed by atoms with Crippen LogP contribution in [0.3, 0.4) is 0 Å². The van der Waals surface area contributed by atoms with E-state index in [1.807, 2.05) is 22.9 Å². The lowest BCUT2D eigenvalue weighted by Crippen LogP contribution is -2.42. The number of carbonyl (C=O) groups excluding carboxylic acids is 2. The lowest BCUT2D eigenvalue weighted by atomic mass is 9.98. The van der Waals surface area contributed by atoms with Crippen LogP contribution < -0.4 is 10.6 Å². The van der Waals surface area contributed by atoms with Gasteiger partial charge in [-0.15, -0.1) is 0 Å². The molecule has 2 heterocycles. The number of fused-ring (bicyclic) bond motifs is 1. The molecule has 0 spiro atoms. The van der Waals surface area contributed by atoms with Gasteiger partial charge >= 0.3 is 0 Å². The van der Waals surface area contributed by atoms with E-state index < -0.39 is 0 Å². The summed E-state index contributed by atoms with van der Waals surface area (Å²) in [5.41, 5.74) is 4.57. The Morgan fingerprint density at radius 2 is 2.08 bits per heavy atom. The zero-order valence-electron chi connectivity index (χ0n) is 14.1. The second-order valence-electron chi connectivity index (χ2n) is 6.73. The average Bonchev–Trinajstić information content (AvgIpc) is 3.24. The minimum Gasteiger partial charge on any atom is -0.355 e. The summed E-state index contributed by atoms with van der Waals surface area (Å²) >= 11 is 0. The first kappa shape index (κ1) is 15.9. The first-order valence-corrected chi connectivity index (χ1v) is 8.92. The van der Waals surface area contributed by atoms with Crippen LogP contribution >= 0.6 is 0 Å². The fourth-order valence-corrected chi connectivity index (χ4v) is 3.71. The minimum absolute atomic E-state index is 0.000933. The molecule has 25 heavy (non-hydrogen) atoms. The number of benzene rings is 1. The third-order valence-electron chi connectivity index (χ3n) is 5.08. The molecule has 130 valence electrons. The number of hydrogen-bond donors (Lipinski definition) is 2. The van der Waals surface area contributed by atoms with Crippen molar-refractivity contribution in [3.63, 3.8) is 0 Å². The number of amides is 2. The van der Waals surface area contributed by atoms with Crippen molar-refractivity contribution in [2.75, 3.05) is 6.54 Å². The molecule has 1 aliphatic carbocycles. The zero-order valence-corrected chi connectivity index (χ0v) is 14.1. The molecule has 0 unspecified atom stereocenters. The van der Waals surface area contributed by atoms with Gasteiger partial charge in [0.25, 0.3) is 0 Å². The SMILES string of the molecule is O=C1CC[C@@H](C(=O)NCc2nn(-c3ccccc3)c3c2CCC3)CN1. The van der Waals surface area contributed by atoms with Gasteiger partial charge in [-0.25, -0.2) is 4.68 Å². The fourth-order valence-electron chi connectivity index (χ4n) is 3.71. The van der Waals surface area contributed by atoms with Crippen LogP contribution in [0.25, 0.3) is 5.69 Å². The molecule has 0 bridgehead atoms. The van der Waals surface area contributed by atoms with Crippen LogP contribution in [-0.2, 0) is 29.0 Å². The topological polar surface area (TPSA) is 76.0 Å². The molecule has 1 aromatic carbocycles. The van der Waals surface area contributed by atoms with Crippen molar-refractivity contribution in [1.29, 1.82) is 0 Å². The number of nitrogens with zero attached hydrogens (tertiary/aromatic N) is 2. The second-order valence-corrected chi connectivity index (χ2v) is 6.73. The maximum Gasteiger partial charge on any atom is 0.225 e. The fraction of sp³-hybridized carbons (Fsp3) is 0.421. The maximum atomic E-state index is 12.4. The highest BCUT2D eigenvalue weighted by atomic mass is 16.2. The Kier molecular flexibility index (Phi) is 4.26.